The fourth-order valence-electron chi connectivity index (χ4n) is 4.83. The minimum absolute atomic E-state index is 0.219. The minimum atomic E-state index is -0.433. The molecule has 1 aromatic carbocycles. The van der Waals surface area contributed by atoms with E-state index in [0.717, 1.165) is 44.5 Å². The van der Waals surface area contributed by atoms with Crippen LogP contribution in [0.4, 0.5) is 0 Å². The van der Waals surface area contributed by atoms with Gasteiger partial charge in [-0.05, 0) is 72.3 Å². The molecule has 1 aliphatic rings. The summed E-state index contributed by atoms with van der Waals surface area (Å²) >= 11 is 0. The highest BCUT2D eigenvalue weighted by Gasteiger charge is 2.43. The molecule has 4 rings (SSSR count). The van der Waals surface area contributed by atoms with Crippen molar-refractivity contribution in [1.29, 1.82) is 0 Å². The molecule has 3 aromatic rings. The summed E-state index contributed by atoms with van der Waals surface area (Å²) in [4.78, 5) is 26.0. The summed E-state index contributed by atoms with van der Waals surface area (Å²) in [6.45, 7) is 2.62. The molecule has 3 heterocycles. The van der Waals surface area contributed by atoms with Gasteiger partial charge in [-0.15, -0.1) is 0 Å². The number of pyridine rings is 2. The summed E-state index contributed by atoms with van der Waals surface area (Å²) in [5, 5.41) is 0. The number of piperidine rings is 1. The second kappa shape index (κ2) is 9.40. The van der Waals surface area contributed by atoms with Crippen molar-refractivity contribution in [3.05, 3.63) is 84.4 Å². The Kier molecular flexibility index (Phi) is 6.42. The molecule has 0 saturated carbocycles. The summed E-state index contributed by atoms with van der Waals surface area (Å²) in [6, 6.07) is 16.7. The van der Waals surface area contributed by atoms with E-state index in [9.17, 15) is 4.79 Å². The summed E-state index contributed by atoms with van der Waals surface area (Å²) in [7, 11) is 3.75. The van der Waals surface area contributed by atoms with Gasteiger partial charge in [0.25, 0.3) is 0 Å². The molecule has 5 heteroatoms. The van der Waals surface area contributed by atoms with Crippen molar-refractivity contribution in [2.45, 2.75) is 25.8 Å². The maximum absolute atomic E-state index is 13.5. The molecule has 2 aromatic heterocycles. The van der Waals surface area contributed by atoms with Crippen molar-refractivity contribution in [3.8, 4) is 11.1 Å². The van der Waals surface area contributed by atoms with E-state index in [-0.39, 0.29) is 5.91 Å². The van der Waals surface area contributed by atoms with Gasteiger partial charge in [0.15, 0.2) is 0 Å². The average molecular weight is 415 g/mol. The Bertz CT molecular complexity index is 1010. The largest absolute Gasteiger partial charge is 0.348 e. The van der Waals surface area contributed by atoms with E-state index in [1.54, 1.807) is 4.90 Å². The molecule has 0 spiro atoms. The van der Waals surface area contributed by atoms with E-state index in [1.807, 2.05) is 51.0 Å². The Morgan fingerprint density at radius 1 is 1.00 bits per heavy atom. The minimum Gasteiger partial charge on any atom is -0.348 e. The Hall–Kier alpha value is -3.05. The predicted octanol–water partition coefficient (Wildman–Crippen LogP) is 4.06. The van der Waals surface area contributed by atoms with E-state index < -0.39 is 5.41 Å². The molecule has 1 atom stereocenters. The normalized spacial score (nSPS) is 19.2. The topological polar surface area (TPSA) is 49.3 Å². The number of likely N-dealkylation sites (tertiary alicyclic amines) is 1. The van der Waals surface area contributed by atoms with Crippen LogP contribution < -0.4 is 0 Å². The Morgan fingerprint density at radius 3 is 2.39 bits per heavy atom. The Labute approximate surface area is 184 Å². The van der Waals surface area contributed by atoms with Crippen molar-refractivity contribution < 1.29 is 4.79 Å². The molecule has 1 saturated heterocycles. The first-order valence-electron chi connectivity index (χ1n) is 10.9. The number of carbonyl (C=O) groups is 1. The summed E-state index contributed by atoms with van der Waals surface area (Å²) in [5.41, 5.74) is 4.34. The van der Waals surface area contributed by atoms with Gasteiger partial charge in [0.05, 0.1) is 5.41 Å². The van der Waals surface area contributed by atoms with Gasteiger partial charge in [-0.3, -0.25) is 19.7 Å². The third kappa shape index (κ3) is 4.83. The lowest BCUT2D eigenvalue weighted by Gasteiger charge is -2.43. The highest BCUT2D eigenvalue weighted by molar-refractivity contribution is 5.83. The zero-order valence-corrected chi connectivity index (χ0v) is 18.4. The van der Waals surface area contributed by atoms with Crippen LogP contribution in [0.5, 0.6) is 0 Å². The van der Waals surface area contributed by atoms with Crippen LogP contribution in [0.3, 0.4) is 0 Å². The number of hydrogen-bond donors (Lipinski definition) is 0. The van der Waals surface area contributed by atoms with Crippen LogP contribution in [-0.2, 0) is 17.8 Å². The molecular formula is C26H30N4O. The van der Waals surface area contributed by atoms with Gasteiger partial charge in [-0.25, -0.2) is 0 Å². The fourth-order valence-corrected chi connectivity index (χ4v) is 4.83. The van der Waals surface area contributed by atoms with Crippen LogP contribution in [0, 0.1) is 5.41 Å². The van der Waals surface area contributed by atoms with Gasteiger partial charge in [0, 0.05) is 52.0 Å². The van der Waals surface area contributed by atoms with Gasteiger partial charge in [0.1, 0.15) is 0 Å². The van der Waals surface area contributed by atoms with Crippen molar-refractivity contribution in [1.82, 2.24) is 19.8 Å². The van der Waals surface area contributed by atoms with Crippen molar-refractivity contribution in [3.63, 3.8) is 0 Å². The molecule has 1 aliphatic heterocycles. The third-order valence-corrected chi connectivity index (χ3v) is 6.21. The van der Waals surface area contributed by atoms with Gasteiger partial charge < -0.3 is 4.90 Å². The summed E-state index contributed by atoms with van der Waals surface area (Å²) < 4.78 is 0. The van der Waals surface area contributed by atoms with E-state index in [1.165, 1.54) is 16.7 Å². The number of carbonyl (C=O) groups excluding carboxylic acids is 1. The van der Waals surface area contributed by atoms with Crippen LogP contribution in [0.2, 0.25) is 0 Å². The Morgan fingerprint density at radius 2 is 1.68 bits per heavy atom. The molecule has 160 valence electrons. The molecule has 0 unspecified atom stereocenters. The molecule has 0 N–H and O–H groups in total. The number of nitrogens with zero attached hydrogens (tertiary/aromatic N) is 4. The van der Waals surface area contributed by atoms with Gasteiger partial charge >= 0.3 is 0 Å². The number of aromatic nitrogens is 2. The lowest BCUT2D eigenvalue weighted by molar-refractivity contribution is -0.143. The van der Waals surface area contributed by atoms with Gasteiger partial charge in [-0.2, -0.15) is 0 Å². The molecular weight excluding hydrogens is 384 g/mol. The lowest BCUT2D eigenvalue weighted by Crippen LogP contribution is -2.52. The maximum atomic E-state index is 13.5. The van der Waals surface area contributed by atoms with Crippen LogP contribution in [0.15, 0.2) is 73.3 Å². The van der Waals surface area contributed by atoms with E-state index >= 15 is 0 Å². The SMILES string of the molecule is CN(C)C(=O)[C@]1(Cc2ccccc2-c2ccncc2)CCCN(Cc2ccncc2)C1. The second-order valence-corrected chi connectivity index (χ2v) is 8.72. The first-order valence-corrected chi connectivity index (χ1v) is 10.9. The summed E-state index contributed by atoms with van der Waals surface area (Å²) in [5.74, 6) is 0.219. The zero-order valence-electron chi connectivity index (χ0n) is 18.4. The fraction of sp³-hybridized carbons (Fsp3) is 0.346. The predicted molar refractivity (Wildman–Crippen MR) is 123 cm³/mol. The number of rotatable bonds is 6. The van der Waals surface area contributed by atoms with Crippen LogP contribution in [0.25, 0.3) is 11.1 Å². The number of hydrogen-bond acceptors (Lipinski definition) is 4. The third-order valence-electron chi connectivity index (χ3n) is 6.21. The van der Waals surface area contributed by atoms with Crippen molar-refractivity contribution in [2.75, 3.05) is 27.2 Å². The average Bonchev–Trinajstić information content (AvgIpc) is 2.80. The van der Waals surface area contributed by atoms with E-state index in [2.05, 4.69) is 51.3 Å². The number of benzene rings is 1. The molecule has 5 nitrogen and oxygen atoms in total. The monoisotopic (exact) mass is 414 g/mol. The van der Waals surface area contributed by atoms with Crippen molar-refractivity contribution >= 4 is 5.91 Å². The quantitative estimate of drug-likeness (QED) is 0.610. The Balaban J connectivity index is 1.66. The van der Waals surface area contributed by atoms with Crippen LogP contribution in [0.1, 0.15) is 24.0 Å². The highest BCUT2D eigenvalue weighted by atomic mass is 16.2. The second-order valence-electron chi connectivity index (χ2n) is 8.72. The van der Waals surface area contributed by atoms with Gasteiger partial charge in [-0.1, -0.05) is 24.3 Å². The zero-order chi connectivity index (χ0) is 21.7. The molecule has 0 radical (unpaired) electrons. The van der Waals surface area contributed by atoms with Crippen molar-refractivity contribution in [2.24, 2.45) is 5.41 Å². The van der Waals surface area contributed by atoms with E-state index in [4.69, 9.17) is 0 Å². The smallest absolute Gasteiger partial charge is 0.229 e. The van der Waals surface area contributed by atoms with Crippen LogP contribution >= 0.6 is 0 Å². The number of amides is 1. The van der Waals surface area contributed by atoms with Crippen LogP contribution in [-0.4, -0.2) is 52.9 Å². The molecule has 1 fully saturated rings. The summed E-state index contributed by atoms with van der Waals surface area (Å²) in [6.07, 6.45) is 9.97. The molecule has 0 aliphatic carbocycles. The first kappa shape index (κ1) is 21.2. The lowest BCUT2D eigenvalue weighted by atomic mass is 9.73. The van der Waals surface area contributed by atoms with E-state index in [0.29, 0.717) is 0 Å². The van der Waals surface area contributed by atoms with Gasteiger partial charge in [0.2, 0.25) is 5.91 Å². The standard InChI is InChI=1S/C26H30N4O/c1-29(2)25(31)26(12-5-17-30(20-26)19-21-8-13-27-14-9-21)18-23-6-3-4-7-24(23)22-10-15-28-16-11-22/h3-4,6-11,13-16H,5,12,17-20H2,1-2H3/t26-/m0/s1. The molecule has 0 bridgehead atoms. The molecule has 31 heavy (non-hydrogen) atoms. The molecule has 1 amide bonds. The highest BCUT2D eigenvalue weighted by Crippen LogP contribution is 2.38. The first-order chi connectivity index (χ1) is 15.1. The maximum Gasteiger partial charge on any atom is 0.229 e.